The van der Waals surface area contributed by atoms with E-state index in [9.17, 15) is 26.8 Å². The van der Waals surface area contributed by atoms with Crippen LogP contribution in [0.15, 0.2) is 106 Å². The van der Waals surface area contributed by atoms with Gasteiger partial charge in [-0.3, -0.25) is 9.59 Å². The fourth-order valence-corrected chi connectivity index (χ4v) is 5.25. The van der Waals surface area contributed by atoms with Crippen molar-refractivity contribution in [2.45, 2.75) is 36.5 Å². The predicted octanol–water partition coefficient (Wildman–Crippen LogP) is 6.04. The normalized spacial score (nSPS) is 21.4. The second-order valence-corrected chi connectivity index (χ2v) is 11.2. The number of allylic oxidation sites excluding steroid dienone is 5. The second-order valence-electron chi connectivity index (χ2n) is 9.28. The van der Waals surface area contributed by atoms with Crippen molar-refractivity contribution < 1.29 is 26.8 Å². The summed E-state index contributed by atoms with van der Waals surface area (Å²) in [5.41, 5.74) is -0.723. The Bertz CT molecular complexity index is 1460. The monoisotopic (exact) mass is 524 g/mol. The van der Waals surface area contributed by atoms with Crippen LogP contribution in [0.2, 0.25) is 0 Å². The quantitative estimate of drug-likeness (QED) is 0.482. The van der Waals surface area contributed by atoms with E-state index in [1.54, 1.807) is 18.2 Å². The van der Waals surface area contributed by atoms with Gasteiger partial charge in [-0.15, -0.1) is 0 Å². The molecule has 2 aliphatic rings. The van der Waals surface area contributed by atoms with Gasteiger partial charge in [0.1, 0.15) is 17.1 Å². The minimum atomic E-state index is -3.89. The molecule has 0 bridgehead atoms. The molecule has 2 aromatic carbocycles. The molecule has 0 aromatic heterocycles. The molecule has 2 atom stereocenters. The van der Waals surface area contributed by atoms with E-state index in [1.165, 1.54) is 67.6 Å². The Morgan fingerprint density at radius 3 is 2.05 bits per heavy atom. The van der Waals surface area contributed by atoms with Gasteiger partial charge in [-0.2, -0.15) is 0 Å². The summed E-state index contributed by atoms with van der Waals surface area (Å²) in [6.45, 7) is 3.35. The maximum absolute atomic E-state index is 14.2. The van der Waals surface area contributed by atoms with Gasteiger partial charge in [-0.1, -0.05) is 25.2 Å². The first-order chi connectivity index (χ1) is 17.5. The molecular formula is C28H26F2N2O4S. The van der Waals surface area contributed by atoms with Crippen molar-refractivity contribution in [3.8, 4) is 0 Å². The molecule has 0 aliphatic heterocycles. The van der Waals surface area contributed by atoms with Crippen LogP contribution in [0.5, 0.6) is 0 Å². The van der Waals surface area contributed by atoms with Gasteiger partial charge >= 0.3 is 0 Å². The van der Waals surface area contributed by atoms with Crippen LogP contribution in [0.3, 0.4) is 0 Å². The van der Waals surface area contributed by atoms with Crippen LogP contribution < -0.4 is 10.6 Å². The molecule has 0 fully saturated rings. The third-order valence-corrected chi connectivity index (χ3v) is 8.19. The van der Waals surface area contributed by atoms with Crippen molar-refractivity contribution in [3.05, 3.63) is 96.1 Å². The van der Waals surface area contributed by atoms with Crippen LogP contribution in [0.1, 0.15) is 26.7 Å². The fourth-order valence-electron chi connectivity index (χ4n) is 3.99. The Hall–Kier alpha value is -3.85. The number of amides is 2. The maximum Gasteiger partial charge on any atom is 0.258 e. The zero-order chi connectivity index (χ0) is 26.8. The molecule has 4 rings (SSSR count). The Labute approximate surface area is 214 Å². The summed E-state index contributed by atoms with van der Waals surface area (Å²) in [4.78, 5) is 25.0. The summed E-state index contributed by atoms with van der Waals surface area (Å²) in [5.74, 6) is -2.25. The zero-order valence-electron chi connectivity index (χ0n) is 20.3. The minimum Gasteiger partial charge on any atom is -0.325 e. The summed E-state index contributed by atoms with van der Waals surface area (Å²) in [5, 5.41) is 5.21. The van der Waals surface area contributed by atoms with Gasteiger partial charge in [-0.05, 0) is 86.4 Å². The van der Waals surface area contributed by atoms with Gasteiger partial charge < -0.3 is 10.6 Å². The first-order valence-electron chi connectivity index (χ1n) is 11.7. The average Bonchev–Trinajstić information content (AvgIpc) is 2.86. The number of benzene rings is 2. The van der Waals surface area contributed by atoms with Crippen LogP contribution in [-0.2, 0) is 19.4 Å². The SMILES string of the molecule is CC1C=C(F)C(C(=O)Nc2ccc(S(=O)(=O)c3ccc(NC(=O)C4(C)CC=CC=C4F)cc3)cc2)=CC1. The number of anilines is 2. The van der Waals surface area contributed by atoms with Crippen molar-refractivity contribution in [2.24, 2.45) is 11.3 Å². The highest BCUT2D eigenvalue weighted by Crippen LogP contribution is 2.36. The number of sulfone groups is 1. The first-order valence-corrected chi connectivity index (χ1v) is 13.2. The summed E-state index contributed by atoms with van der Waals surface area (Å²) in [6.07, 6.45) is 8.21. The highest BCUT2D eigenvalue weighted by molar-refractivity contribution is 7.91. The molecule has 37 heavy (non-hydrogen) atoms. The number of rotatable bonds is 6. The van der Waals surface area contributed by atoms with Gasteiger partial charge in [-0.25, -0.2) is 17.2 Å². The summed E-state index contributed by atoms with van der Waals surface area (Å²) in [7, 11) is -3.89. The molecule has 6 nitrogen and oxygen atoms in total. The number of carbonyl (C=O) groups is 2. The molecule has 0 spiro atoms. The van der Waals surface area contributed by atoms with E-state index in [2.05, 4.69) is 10.6 Å². The van der Waals surface area contributed by atoms with Gasteiger partial charge in [0.25, 0.3) is 5.91 Å². The first kappa shape index (κ1) is 26.2. The number of carbonyl (C=O) groups excluding carboxylic acids is 2. The molecule has 192 valence electrons. The van der Waals surface area contributed by atoms with Crippen molar-refractivity contribution in [1.29, 1.82) is 0 Å². The highest BCUT2D eigenvalue weighted by atomic mass is 32.2. The fraction of sp³-hybridized carbons (Fsp3) is 0.214. The lowest BCUT2D eigenvalue weighted by Crippen LogP contribution is -2.34. The molecule has 2 aromatic rings. The van der Waals surface area contributed by atoms with E-state index in [1.807, 2.05) is 6.92 Å². The van der Waals surface area contributed by atoms with E-state index in [0.717, 1.165) is 0 Å². The summed E-state index contributed by atoms with van der Waals surface area (Å²) >= 11 is 0. The molecule has 0 saturated heterocycles. The minimum absolute atomic E-state index is 0.00568. The van der Waals surface area contributed by atoms with Gasteiger partial charge in [0.2, 0.25) is 15.7 Å². The van der Waals surface area contributed by atoms with E-state index in [4.69, 9.17) is 0 Å². The maximum atomic E-state index is 14.2. The van der Waals surface area contributed by atoms with Crippen LogP contribution >= 0.6 is 0 Å². The lowest BCUT2D eigenvalue weighted by Gasteiger charge is -2.27. The van der Waals surface area contributed by atoms with Gasteiger partial charge in [0.05, 0.1) is 15.4 Å². The van der Waals surface area contributed by atoms with Crippen molar-refractivity contribution in [1.82, 2.24) is 0 Å². The van der Waals surface area contributed by atoms with Gasteiger partial charge in [0, 0.05) is 11.4 Å². The van der Waals surface area contributed by atoms with Crippen LogP contribution in [-0.4, -0.2) is 20.2 Å². The van der Waals surface area contributed by atoms with Crippen molar-refractivity contribution in [3.63, 3.8) is 0 Å². The molecule has 2 N–H and O–H groups in total. The average molecular weight is 525 g/mol. The lowest BCUT2D eigenvalue weighted by molar-refractivity contribution is -0.123. The smallest absolute Gasteiger partial charge is 0.258 e. The number of hydrogen-bond donors (Lipinski definition) is 2. The highest BCUT2D eigenvalue weighted by Gasteiger charge is 2.38. The predicted molar refractivity (Wildman–Crippen MR) is 138 cm³/mol. The van der Waals surface area contributed by atoms with Crippen molar-refractivity contribution in [2.75, 3.05) is 10.6 Å². The molecule has 2 amide bonds. The Balaban J connectivity index is 1.43. The molecule has 9 heteroatoms. The van der Waals surface area contributed by atoms with E-state index in [-0.39, 0.29) is 27.7 Å². The van der Waals surface area contributed by atoms with Gasteiger partial charge in [0.15, 0.2) is 0 Å². The second kappa shape index (κ2) is 10.3. The number of halogens is 2. The summed E-state index contributed by atoms with van der Waals surface area (Å²) < 4.78 is 54.5. The van der Waals surface area contributed by atoms with E-state index >= 15 is 0 Å². The number of hydrogen-bond acceptors (Lipinski definition) is 4. The Morgan fingerprint density at radius 2 is 1.51 bits per heavy atom. The molecule has 0 saturated carbocycles. The van der Waals surface area contributed by atoms with Crippen LogP contribution in [0.4, 0.5) is 20.2 Å². The third-order valence-electron chi connectivity index (χ3n) is 6.40. The zero-order valence-corrected chi connectivity index (χ0v) is 21.1. The molecule has 2 aliphatic carbocycles. The third kappa shape index (κ3) is 5.46. The molecule has 2 unspecified atom stereocenters. The number of nitrogens with one attached hydrogen (secondary N) is 2. The Kier molecular flexibility index (Phi) is 7.27. The van der Waals surface area contributed by atoms with Crippen LogP contribution in [0, 0.1) is 11.3 Å². The van der Waals surface area contributed by atoms with E-state index < -0.39 is 38.7 Å². The molecule has 0 radical (unpaired) electrons. The summed E-state index contributed by atoms with van der Waals surface area (Å²) in [6, 6.07) is 11.1. The van der Waals surface area contributed by atoms with Crippen molar-refractivity contribution >= 4 is 33.0 Å². The topological polar surface area (TPSA) is 92.3 Å². The molecular weight excluding hydrogens is 498 g/mol. The van der Waals surface area contributed by atoms with Crippen LogP contribution in [0.25, 0.3) is 0 Å². The largest absolute Gasteiger partial charge is 0.325 e. The van der Waals surface area contributed by atoms with E-state index in [0.29, 0.717) is 17.8 Å². The standard InChI is InChI=1S/C28H26F2N2O4S/c1-18-6-15-23(24(29)17-18)26(33)31-19-7-11-21(12-8-19)37(35,36)22-13-9-20(10-14-22)32-27(34)28(2)16-4-3-5-25(28)30/h3-5,7-15,17-18H,6,16H2,1-2H3,(H,31,33)(H,32,34). The lowest BCUT2D eigenvalue weighted by atomic mass is 9.81. The Morgan fingerprint density at radius 1 is 0.946 bits per heavy atom. The molecule has 0 heterocycles.